The number of amides is 1. The van der Waals surface area contributed by atoms with Crippen molar-refractivity contribution in [2.75, 3.05) is 44.2 Å². The molecular formula is C22H39IN6O. The lowest BCUT2D eigenvalue weighted by Gasteiger charge is -2.35. The fourth-order valence-electron chi connectivity index (χ4n) is 3.47. The summed E-state index contributed by atoms with van der Waals surface area (Å²) in [6.45, 7) is 10.9. The first-order valence-corrected chi connectivity index (χ1v) is 11.1. The van der Waals surface area contributed by atoms with Crippen LogP contribution < -0.4 is 15.5 Å². The number of anilines is 1. The molecule has 0 spiro atoms. The molecule has 1 aromatic rings. The molecule has 1 amide bonds. The van der Waals surface area contributed by atoms with Crippen molar-refractivity contribution in [2.45, 2.75) is 58.9 Å². The van der Waals surface area contributed by atoms with Gasteiger partial charge < -0.3 is 20.4 Å². The standard InChI is InChI=1S/C22H38N6O.HI/c1-4-6-7-10-19(3)26-22(23-5-2)25-14-12-21(29)28-17-15-27(16-18-28)20-11-8-9-13-24-20;/h8-9,11,13,19H,4-7,10,12,14-18H2,1-3H3,(H2,23,25,26);1H. The van der Waals surface area contributed by atoms with Gasteiger partial charge in [-0.1, -0.05) is 32.3 Å². The van der Waals surface area contributed by atoms with E-state index in [1.54, 1.807) is 0 Å². The zero-order valence-electron chi connectivity index (χ0n) is 18.8. The number of guanidine groups is 1. The molecule has 1 aliphatic rings. The maximum atomic E-state index is 12.6. The second kappa shape index (κ2) is 15.3. The van der Waals surface area contributed by atoms with Crippen LogP contribution in [-0.4, -0.2) is 67.1 Å². The SMILES string of the molecule is CCCCCC(C)NC(=NCCC(=O)N1CCN(c2ccccn2)CC1)NCC.I. The van der Waals surface area contributed by atoms with E-state index in [1.165, 1.54) is 19.3 Å². The molecule has 0 aromatic carbocycles. The minimum atomic E-state index is 0. The Labute approximate surface area is 199 Å². The molecule has 2 N–H and O–H groups in total. The van der Waals surface area contributed by atoms with E-state index in [1.807, 2.05) is 29.3 Å². The molecule has 1 atom stereocenters. The van der Waals surface area contributed by atoms with E-state index in [9.17, 15) is 4.79 Å². The Morgan fingerprint density at radius 3 is 2.60 bits per heavy atom. The van der Waals surface area contributed by atoms with E-state index in [4.69, 9.17) is 0 Å². The number of aliphatic imine (C=N–C) groups is 1. The highest BCUT2D eigenvalue weighted by molar-refractivity contribution is 14.0. The summed E-state index contributed by atoms with van der Waals surface area (Å²) in [5.41, 5.74) is 0. The summed E-state index contributed by atoms with van der Waals surface area (Å²) in [6.07, 6.45) is 7.13. The van der Waals surface area contributed by atoms with Gasteiger partial charge in [0.15, 0.2) is 5.96 Å². The molecule has 2 rings (SSSR count). The fourth-order valence-corrected chi connectivity index (χ4v) is 3.47. The van der Waals surface area contributed by atoms with Crippen molar-refractivity contribution in [3.8, 4) is 0 Å². The Balaban J connectivity index is 0.00000450. The van der Waals surface area contributed by atoms with Gasteiger partial charge in [0.2, 0.25) is 5.91 Å². The molecule has 1 fully saturated rings. The van der Waals surface area contributed by atoms with Crippen LogP contribution in [0.3, 0.4) is 0 Å². The third-order valence-corrected chi connectivity index (χ3v) is 5.17. The van der Waals surface area contributed by atoms with E-state index >= 15 is 0 Å². The molecule has 0 aliphatic carbocycles. The summed E-state index contributed by atoms with van der Waals surface area (Å²) >= 11 is 0. The zero-order valence-corrected chi connectivity index (χ0v) is 21.1. The molecule has 1 saturated heterocycles. The van der Waals surface area contributed by atoms with E-state index in [-0.39, 0.29) is 29.9 Å². The minimum Gasteiger partial charge on any atom is -0.357 e. The van der Waals surface area contributed by atoms with E-state index < -0.39 is 0 Å². The molecule has 2 heterocycles. The highest BCUT2D eigenvalue weighted by Gasteiger charge is 2.21. The van der Waals surface area contributed by atoms with Gasteiger partial charge in [0.1, 0.15) is 5.82 Å². The molecule has 170 valence electrons. The summed E-state index contributed by atoms with van der Waals surface area (Å²) in [5, 5.41) is 6.74. The van der Waals surface area contributed by atoms with Crippen molar-refractivity contribution in [1.82, 2.24) is 20.5 Å². The summed E-state index contributed by atoms with van der Waals surface area (Å²) < 4.78 is 0. The van der Waals surface area contributed by atoms with Crippen molar-refractivity contribution in [2.24, 2.45) is 4.99 Å². The number of hydrogen-bond donors (Lipinski definition) is 2. The minimum absolute atomic E-state index is 0. The number of hydrogen-bond acceptors (Lipinski definition) is 4. The van der Waals surface area contributed by atoms with Gasteiger partial charge in [-0.25, -0.2) is 4.98 Å². The second-order valence-corrected chi connectivity index (χ2v) is 7.61. The van der Waals surface area contributed by atoms with Gasteiger partial charge in [-0.15, -0.1) is 24.0 Å². The van der Waals surface area contributed by atoms with Gasteiger partial charge >= 0.3 is 0 Å². The van der Waals surface area contributed by atoms with Crippen molar-refractivity contribution in [1.29, 1.82) is 0 Å². The molecule has 0 radical (unpaired) electrons. The largest absolute Gasteiger partial charge is 0.357 e. The molecule has 1 aromatic heterocycles. The van der Waals surface area contributed by atoms with Crippen LogP contribution in [0.1, 0.15) is 52.9 Å². The number of piperazine rings is 1. The van der Waals surface area contributed by atoms with Crippen LogP contribution in [0.25, 0.3) is 0 Å². The Morgan fingerprint density at radius 1 is 1.20 bits per heavy atom. The van der Waals surface area contributed by atoms with Crippen molar-refractivity contribution in [3.05, 3.63) is 24.4 Å². The quantitative estimate of drug-likeness (QED) is 0.210. The van der Waals surface area contributed by atoms with Crippen molar-refractivity contribution < 1.29 is 4.79 Å². The molecule has 30 heavy (non-hydrogen) atoms. The van der Waals surface area contributed by atoms with Crippen LogP contribution in [0.5, 0.6) is 0 Å². The van der Waals surface area contributed by atoms with Crippen LogP contribution in [0, 0.1) is 0 Å². The van der Waals surface area contributed by atoms with Crippen molar-refractivity contribution >= 4 is 41.7 Å². The van der Waals surface area contributed by atoms with E-state index in [0.717, 1.165) is 50.9 Å². The van der Waals surface area contributed by atoms with Gasteiger partial charge in [-0.2, -0.15) is 0 Å². The number of pyridine rings is 1. The molecule has 1 unspecified atom stereocenters. The lowest BCUT2D eigenvalue weighted by Crippen LogP contribution is -2.49. The molecule has 1 aliphatic heterocycles. The third kappa shape index (κ3) is 9.49. The van der Waals surface area contributed by atoms with E-state index in [2.05, 4.69) is 46.3 Å². The number of halogens is 1. The average Bonchev–Trinajstić information content (AvgIpc) is 2.74. The first-order chi connectivity index (χ1) is 14.1. The smallest absolute Gasteiger partial charge is 0.224 e. The monoisotopic (exact) mass is 530 g/mol. The Bertz CT molecular complexity index is 619. The molecular weight excluding hydrogens is 491 g/mol. The first kappa shape index (κ1) is 26.5. The highest BCUT2D eigenvalue weighted by Crippen LogP contribution is 2.13. The van der Waals surface area contributed by atoms with Gasteiger partial charge in [0.05, 0.1) is 6.54 Å². The summed E-state index contributed by atoms with van der Waals surface area (Å²) in [6, 6.07) is 6.32. The predicted octanol–water partition coefficient (Wildman–Crippen LogP) is 3.26. The number of nitrogens with one attached hydrogen (secondary N) is 2. The maximum absolute atomic E-state index is 12.6. The number of rotatable bonds is 10. The molecule has 7 nitrogen and oxygen atoms in total. The number of unbranched alkanes of at least 4 members (excludes halogenated alkanes) is 2. The Morgan fingerprint density at radius 2 is 1.97 bits per heavy atom. The van der Waals surface area contributed by atoms with Crippen molar-refractivity contribution in [3.63, 3.8) is 0 Å². The van der Waals surface area contributed by atoms with E-state index in [0.29, 0.717) is 19.0 Å². The lowest BCUT2D eigenvalue weighted by molar-refractivity contribution is -0.131. The van der Waals surface area contributed by atoms with Gasteiger partial charge in [0.25, 0.3) is 0 Å². The number of aromatic nitrogens is 1. The number of carbonyl (C=O) groups is 1. The summed E-state index contributed by atoms with van der Waals surface area (Å²) in [5.74, 6) is 1.98. The zero-order chi connectivity index (χ0) is 20.9. The first-order valence-electron chi connectivity index (χ1n) is 11.1. The maximum Gasteiger partial charge on any atom is 0.224 e. The van der Waals surface area contributed by atoms with Gasteiger partial charge in [-0.05, 0) is 32.4 Å². The van der Waals surface area contributed by atoms with Crippen LogP contribution in [0.15, 0.2) is 29.4 Å². The normalized spacial score (nSPS) is 15.4. The number of nitrogens with zero attached hydrogens (tertiary/aromatic N) is 4. The van der Waals surface area contributed by atoms with Crippen LogP contribution in [0.4, 0.5) is 5.82 Å². The van der Waals surface area contributed by atoms with Gasteiger partial charge in [-0.3, -0.25) is 9.79 Å². The van der Waals surface area contributed by atoms with Crippen LogP contribution in [0.2, 0.25) is 0 Å². The van der Waals surface area contributed by atoms with Crippen LogP contribution >= 0.6 is 24.0 Å². The molecule has 0 bridgehead atoms. The Kier molecular flexibility index (Phi) is 13.5. The highest BCUT2D eigenvalue weighted by atomic mass is 127. The van der Waals surface area contributed by atoms with Crippen LogP contribution in [-0.2, 0) is 4.79 Å². The predicted molar refractivity (Wildman–Crippen MR) is 136 cm³/mol. The molecule has 0 saturated carbocycles. The Hall–Kier alpha value is -1.58. The molecule has 8 heteroatoms. The lowest BCUT2D eigenvalue weighted by atomic mass is 10.1. The summed E-state index contributed by atoms with van der Waals surface area (Å²) in [4.78, 5) is 25.7. The van der Waals surface area contributed by atoms with Gasteiger partial charge in [0, 0.05) is 51.4 Å². The topological polar surface area (TPSA) is 72.9 Å². The second-order valence-electron chi connectivity index (χ2n) is 7.61. The number of carbonyl (C=O) groups excluding carboxylic acids is 1. The average molecular weight is 530 g/mol. The summed E-state index contributed by atoms with van der Waals surface area (Å²) in [7, 11) is 0. The fraction of sp³-hybridized carbons (Fsp3) is 0.682. The third-order valence-electron chi connectivity index (χ3n) is 5.17.